The van der Waals surface area contributed by atoms with Crippen LogP contribution in [-0.4, -0.2) is 62.9 Å². The smallest absolute Gasteiger partial charge is 0.235 e. The predicted octanol–water partition coefficient (Wildman–Crippen LogP) is 3.83. The normalized spacial score (nSPS) is 18.1. The van der Waals surface area contributed by atoms with Gasteiger partial charge in [-0.15, -0.1) is 10.2 Å². The largest absolute Gasteiger partial charge is 0.342 e. The van der Waals surface area contributed by atoms with Gasteiger partial charge in [0.1, 0.15) is 0 Å². The van der Waals surface area contributed by atoms with Gasteiger partial charge in [-0.25, -0.2) is 0 Å². The van der Waals surface area contributed by atoms with Gasteiger partial charge in [-0.05, 0) is 52.6 Å². The molecule has 0 spiro atoms. The Balaban J connectivity index is 2.14. The van der Waals surface area contributed by atoms with E-state index in [4.69, 9.17) is 0 Å². The Kier molecular flexibility index (Phi) is 8.61. The van der Waals surface area contributed by atoms with E-state index in [1.807, 2.05) is 11.8 Å². The van der Waals surface area contributed by atoms with Crippen molar-refractivity contribution in [2.24, 2.45) is 5.92 Å². The van der Waals surface area contributed by atoms with Gasteiger partial charge in [0.05, 0.1) is 11.3 Å². The maximum atomic E-state index is 12.9. The van der Waals surface area contributed by atoms with Crippen molar-refractivity contribution in [3.8, 4) is 0 Å². The topological polar surface area (TPSA) is 54.3 Å². The van der Waals surface area contributed by atoms with Gasteiger partial charge in [0, 0.05) is 19.6 Å². The van der Waals surface area contributed by atoms with Crippen molar-refractivity contribution in [2.45, 2.75) is 82.8 Å². The van der Waals surface area contributed by atoms with Crippen LogP contribution in [0, 0.1) is 5.92 Å². The highest BCUT2D eigenvalue weighted by atomic mass is 32.2. The van der Waals surface area contributed by atoms with Crippen molar-refractivity contribution in [2.75, 3.05) is 27.2 Å². The molecule has 1 aliphatic heterocycles. The van der Waals surface area contributed by atoms with Crippen LogP contribution in [0.3, 0.4) is 0 Å². The van der Waals surface area contributed by atoms with E-state index in [-0.39, 0.29) is 17.2 Å². The minimum Gasteiger partial charge on any atom is -0.342 e. The van der Waals surface area contributed by atoms with E-state index in [1.165, 1.54) is 0 Å². The third kappa shape index (κ3) is 5.70. The van der Waals surface area contributed by atoms with Gasteiger partial charge in [-0.3, -0.25) is 9.69 Å². The van der Waals surface area contributed by atoms with Gasteiger partial charge in [0.25, 0.3) is 0 Å². The van der Waals surface area contributed by atoms with Crippen LogP contribution in [0.25, 0.3) is 0 Å². The van der Waals surface area contributed by atoms with E-state index < -0.39 is 0 Å². The number of aromatic nitrogens is 3. The third-order valence-corrected chi connectivity index (χ3v) is 6.58. The molecule has 1 aromatic rings. The number of rotatable bonds is 9. The zero-order valence-electron chi connectivity index (χ0n) is 17.9. The third-order valence-electron chi connectivity index (χ3n) is 5.51. The number of thioether (sulfide) groups is 1. The Bertz CT molecular complexity index is 595. The second kappa shape index (κ2) is 10.5. The van der Waals surface area contributed by atoms with Crippen molar-refractivity contribution >= 4 is 17.7 Å². The number of nitrogens with zero attached hydrogens (tertiary/aromatic N) is 5. The molecule has 1 aromatic heterocycles. The quantitative estimate of drug-likeness (QED) is 0.595. The molecular weight excluding hydrogens is 358 g/mol. The first-order valence-corrected chi connectivity index (χ1v) is 11.3. The van der Waals surface area contributed by atoms with Crippen molar-refractivity contribution in [3.63, 3.8) is 0 Å². The summed E-state index contributed by atoms with van der Waals surface area (Å²) in [5.41, 5.74) is 0. The number of hydrogen-bond acceptors (Lipinski definition) is 5. The van der Waals surface area contributed by atoms with Gasteiger partial charge in [0.2, 0.25) is 5.91 Å². The van der Waals surface area contributed by atoms with Crippen molar-refractivity contribution in [3.05, 3.63) is 5.82 Å². The van der Waals surface area contributed by atoms with E-state index >= 15 is 0 Å². The molecular formula is C20H37N5OS. The number of likely N-dealkylation sites (tertiary alicyclic amines) is 1. The number of amides is 1. The number of unbranched alkanes of at least 4 members (excludes halogenated alkanes) is 1. The van der Waals surface area contributed by atoms with Crippen LogP contribution >= 0.6 is 11.8 Å². The summed E-state index contributed by atoms with van der Waals surface area (Å²) < 4.78 is 2.24. The molecule has 0 radical (unpaired) electrons. The Morgan fingerprint density at radius 2 is 1.93 bits per heavy atom. The fraction of sp³-hybridized carbons (Fsp3) is 0.850. The second-order valence-electron chi connectivity index (χ2n) is 8.00. The van der Waals surface area contributed by atoms with Gasteiger partial charge in [-0.1, -0.05) is 39.0 Å². The molecule has 2 heterocycles. The lowest BCUT2D eigenvalue weighted by Crippen LogP contribution is -2.41. The second-order valence-corrected chi connectivity index (χ2v) is 9.31. The van der Waals surface area contributed by atoms with Crippen LogP contribution in [0.1, 0.15) is 71.7 Å². The molecule has 2 atom stereocenters. The Labute approximate surface area is 169 Å². The Morgan fingerprint density at radius 1 is 1.26 bits per heavy atom. The average Bonchev–Trinajstić information content (AvgIpc) is 3.02. The molecule has 27 heavy (non-hydrogen) atoms. The maximum Gasteiger partial charge on any atom is 0.235 e. The summed E-state index contributed by atoms with van der Waals surface area (Å²) in [6.45, 7) is 11.3. The molecule has 154 valence electrons. The van der Waals surface area contributed by atoms with Crippen LogP contribution in [0.4, 0.5) is 0 Å². The Hall–Kier alpha value is -1.08. The first-order valence-electron chi connectivity index (χ1n) is 10.4. The summed E-state index contributed by atoms with van der Waals surface area (Å²) in [7, 11) is 4.17. The maximum absolute atomic E-state index is 12.9. The summed E-state index contributed by atoms with van der Waals surface area (Å²) >= 11 is 1.56. The van der Waals surface area contributed by atoms with E-state index in [2.05, 4.69) is 54.5 Å². The zero-order chi connectivity index (χ0) is 20.0. The van der Waals surface area contributed by atoms with Gasteiger partial charge < -0.3 is 9.47 Å². The molecule has 0 aromatic carbocycles. The monoisotopic (exact) mass is 395 g/mol. The van der Waals surface area contributed by atoms with E-state index in [0.717, 1.165) is 68.6 Å². The fourth-order valence-corrected chi connectivity index (χ4v) is 4.60. The fourth-order valence-electron chi connectivity index (χ4n) is 3.63. The van der Waals surface area contributed by atoms with Crippen molar-refractivity contribution < 1.29 is 4.79 Å². The lowest BCUT2D eigenvalue weighted by atomic mass is 9.99. The molecule has 2 rings (SSSR count). The highest BCUT2D eigenvalue weighted by Crippen LogP contribution is 2.29. The molecule has 0 bridgehead atoms. The minimum absolute atomic E-state index is 0.129. The Morgan fingerprint density at radius 3 is 2.48 bits per heavy atom. The summed E-state index contributed by atoms with van der Waals surface area (Å²) in [4.78, 5) is 17.1. The molecule has 1 saturated heterocycles. The molecule has 1 fully saturated rings. The standard InChI is InChI=1S/C20H37N5OS/c1-7-9-12-25-18(17(8-2)23(5)6)21-22-20(25)27-16(4)19(26)24-13-10-15(3)11-14-24/h15-17H,7-14H2,1-6H3. The summed E-state index contributed by atoms with van der Waals surface area (Å²) in [6, 6.07) is 0.248. The number of piperidine rings is 1. The van der Waals surface area contributed by atoms with Crippen molar-refractivity contribution in [1.29, 1.82) is 0 Å². The van der Waals surface area contributed by atoms with Crippen LogP contribution < -0.4 is 0 Å². The molecule has 1 aliphatic rings. The molecule has 0 saturated carbocycles. The van der Waals surface area contributed by atoms with Gasteiger partial charge in [0.15, 0.2) is 11.0 Å². The van der Waals surface area contributed by atoms with Gasteiger partial charge in [-0.2, -0.15) is 0 Å². The number of carbonyl (C=O) groups is 1. The highest BCUT2D eigenvalue weighted by Gasteiger charge is 2.28. The first kappa shape index (κ1) is 22.2. The predicted molar refractivity (Wildman–Crippen MR) is 112 cm³/mol. The molecule has 2 unspecified atom stereocenters. The van der Waals surface area contributed by atoms with Gasteiger partial charge >= 0.3 is 0 Å². The molecule has 7 heteroatoms. The summed E-state index contributed by atoms with van der Waals surface area (Å²) in [5.74, 6) is 1.98. The highest BCUT2D eigenvalue weighted by molar-refractivity contribution is 8.00. The minimum atomic E-state index is -0.129. The molecule has 1 amide bonds. The molecule has 6 nitrogen and oxygen atoms in total. The first-order chi connectivity index (χ1) is 12.9. The lowest BCUT2D eigenvalue weighted by Gasteiger charge is -2.32. The van der Waals surface area contributed by atoms with E-state index in [0.29, 0.717) is 0 Å². The van der Waals surface area contributed by atoms with E-state index in [1.54, 1.807) is 11.8 Å². The van der Waals surface area contributed by atoms with Crippen LogP contribution in [0.5, 0.6) is 0 Å². The average molecular weight is 396 g/mol. The SMILES string of the molecule is CCCCn1c(SC(C)C(=O)N2CCC(C)CC2)nnc1C(CC)N(C)C. The van der Waals surface area contributed by atoms with Crippen LogP contribution in [0.15, 0.2) is 5.16 Å². The van der Waals surface area contributed by atoms with Crippen molar-refractivity contribution in [1.82, 2.24) is 24.6 Å². The summed E-state index contributed by atoms with van der Waals surface area (Å²) in [6.07, 6.45) is 5.43. The number of hydrogen-bond donors (Lipinski definition) is 0. The number of carbonyl (C=O) groups excluding carboxylic acids is 1. The van der Waals surface area contributed by atoms with Crippen LogP contribution in [0.2, 0.25) is 0 Å². The molecule has 0 aliphatic carbocycles. The molecule has 0 N–H and O–H groups in total. The zero-order valence-corrected chi connectivity index (χ0v) is 18.8. The lowest BCUT2D eigenvalue weighted by molar-refractivity contribution is -0.131. The summed E-state index contributed by atoms with van der Waals surface area (Å²) in [5, 5.41) is 9.75. The van der Waals surface area contributed by atoms with E-state index in [9.17, 15) is 4.79 Å². The van der Waals surface area contributed by atoms with Crippen LogP contribution in [-0.2, 0) is 11.3 Å².